The van der Waals surface area contributed by atoms with E-state index in [0.717, 1.165) is 18.9 Å². The summed E-state index contributed by atoms with van der Waals surface area (Å²) < 4.78 is 6.34. The summed E-state index contributed by atoms with van der Waals surface area (Å²) in [6.07, 6.45) is 21.0. The van der Waals surface area contributed by atoms with Gasteiger partial charge in [-0.3, -0.25) is 4.79 Å². The summed E-state index contributed by atoms with van der Waals surface area (Å²) in [5.74, 6) is 2.00. The van der Waals surface area contributed by atoms with Crippen LogP contribution in [-0.2, 0) is 9.53 Å². The lowest BCUT2D eigenvalue weighted by atomic mass is 9.29. The number of carbonyl (C=O) groups excluding carboxylic acids is 1. The van der Waals surface area contributed by atoms with Crippen LogP contribution in [0.5, 0.6) is 0 Å². The molecular formula is C42H68N2O2. The summed E-state index contributed by atoms with van der Waals surface area (Å²) in [4.78, 5) is 13.0. The molecule has 4 nitrogen and oxygen atoms in total. The summed E-state index contributed by atoms with van der Waals surface area (Å²) in [5, 5.41) is 7.48. The fourth-order valence-electron chi connectivity index (χ4n) is 13.7. The molecule has 1 heterocycles. The molecule has 0 saturated heterocycles. The van der Waals surface area contributed by atoms with Gasteiger partial charge in [0.1, 0.15) is 6.10 Å². The van der Waals surface area contributed by atoms with Crippen molar-refractivity contribution in [3.05, 3.63) is 36.2 Å². The van der Waals surface area contributed by atoms with Crippen LogP contribution in [0.2, 0.25) is 0 Å². The standard InChI is InChI=1S/C42H68N2O2/c1-28-14-13-25-43-30(28)27-44-29(2)42-19-12-15-33(42)40(10)22-17-32-38(8)20-18-34(46-35(45)26-36(3,4)5)37(6,7)31(38)16-21-39(32,9)41(40,11)23-24-42/h13-14,25,30-34,43-44H,2,12,15-24,26-27H2,1,3-11H3/t30?,31?,32?,33?,34?,38?,39?,40?,41-,42?/m0/s1. The van der Waals surface area contributed by atoms with Gasteiger partial charge in [-0.25, -0.2) is 0 Å². The average Bonchev–Trinajstić information content (AvgIpc) is 3.41. The number of rotatable bonds is 6. The van der Waals surface area contributed by atoms with Gasteiger partial charge in [0.05, 0.1) is 12.5 Å². The molecule has 6 rings (SSSR count). The average molecular weight is 633 g/mol. The Hall–Kier alpha value is -1.71. The van der Waals surface area contributed by atoms with Crippen molar-refractivity contribution in [3.63, 3.8) is 0 Å². The molecule has 1 aliphatic heterocycles. The lowest BCUT2D eigenvalue weighted by Crippen LogP contribution is -2.69. The Balaban J connectivity index is 1.23. The molecule has 10 atom stereocenters. The van der Waals surface area contributed by atoms with Gasteiger partial charge in [0.25, 0.3) is 0 Å². The minimum Gasteiger partial charge on any atom is -0.462 e. The van der Waals surface area contributed by atoms with E-state index in [0.29, 0.717) is 40.5 Å². The number of esters is 1. The zero-order valence-electron chi connectivity index (χ0n) is 31.3. The Morgan fingerprint density at radius 1 is 0.913 bits per heavy atom. The SMILES string of the molecule is C=C(NCC1NC=CC=C1C)C12CCCC1C1(C)CCC3C4(C)CCC(OC(=O)CC(C)(C)C)C(C)(C)C4CCC3(C)[C@]1(C)CC2. The zero-order valence-corrected chi connectivity index (χ0v) is 31.3. The molecule has 9 unspecified atom stereocenters. The van der Waals surface area contributed by atoms with Crippen molar-refractivity contribution in [2.45, 2.75) is 158 Å². The van der Waals surface area contributed by atoms with E-state index in [1.54, 1.807) is 0 Å². The summed E-state index contributed by atoms with van der Waals surface area (Å²) in [6, 6.07) is 0.342. The van der Waals surface area contributed by atoms with E-state index in [1.807, 2.05) is 0 Å². The van der Waals surface area contributed by atoms with E-state index in [4.69, 9.17) is 11.3 Å². The Labute approximate surface area is 282 Å². The highest BCUT2D eigenvalue weighted by Gasteiger charge is 2.73. The summed E-state index contributed by atoms with van der Waals surface area (Å²) in [6.45, 7) is 30.1. The van der Waals surface area contributed by atoms with Gasteiger partial charge < -0.3 is 15.4 Å². The number of hydrogen-bond donors (Lipinski definition) is 2. The molecule has 0 radical (unpaired) electrons. The number of allylic oxidation sites excluding steroid dienone is 3. The number of ether oxygens (including phenoxy) is 1. The van der Waals surface area contributed by atoms with Crippen molar-refractivity contribution in [3.8, 4) is 0 Å². The molecule has 0 spiro atoms. The third-order valence-corrected chi connectivity index (χ3v) is 16.5. The monoisotopic (exact) mass is 633 g/mol. The van der Waals surface area contributed by atoms with E-state index in [-0.39, 0.29) is 33.7 Å². The van der Waals surface area contributed by atoms with E-state index in [1.165, 1.54) is 75.5 Å². The van der Waals surface area contributed by atoms with Gasteiger partial charge in [-0.05, 0) is 134 Å². The van der Waals surface area contributed by atoms with Crippen LogP contribution in [-0.4, -0.2) is 24.7 Å². The fourth-order valence-corrected chi connectivity index (χ4v) is 13.7. The molecule has 0 aromatic carbocycles. The van der Waals surface area contributed by atoms with Crippen LogP contribution in [0.1, 0.15) is 146 Å². The Kier molecular flexibility index (Phi) is 8.29. The molecule has 0 aromatic heterocycles. The number of fused-ring (bicyclic) bond motifs is 7. The summed E-state index contributed by atoms with van der Waals surface area (Å²) >= 11 is 0. The van der Waals surface area contributed by atoms with Gasteiger partial charge in [-0.1, -0.05) is 81.4 Å². The quantitative estimate of drug-likeness (QED) is 0.286. The molecule has 4 heteroatoms. The molecule has 5 fully saturated rings. The molecule has 258 valence electrons. The number of nitrogens with one attached hydrogen (secondary N) is 2. The lowest BCUT2D eigenvalue weighted by molar-refractivity contribution is -0.273. The molecule has 0 aromatic rings. The fraction of sp³-hybridized carbons (Fsp3) is 0.833. The Bertz CT molecular complexity index is 1290. The minimum absolute atomic E-state index is 0.00334. The molecule has 0 bridgehead atoms. The molecule has 5 aliphatic carbocycles. The molecular weight excluding hydrogens is 564 g/mol. The van der Waals surface area contributed by atoms with Gasteiger partial charge in [0.2, 0.25) is 0 Å². The number of hydrogen-bond acceptors (Lipinski definition) is 4. The van der Waals surface area contributed by atoms with Crippen LogP contribution in [0.4, 0.5) is 0 Å². The normalized spacial score (nSPS) is 46.0. The highest BCUT2D eigenvalue weighted by Crippen LogP contribution is 2.80. The van der Waals surface area contributed by atoms with E-state index in [2.05, 4.69) is 98.2 Å². The molecule has 6 aliphatic rings. The van der Waals surface area contributed by atoms with Crippen molar-refractivity contribution >= 4 is 5.97 Å². The second-order valence-corrected chi connectivity index (χ2v) is 19.9. The second-order valence-electron chi connectivity index (χ2n) is 19.9. The van der Waals surface area contributed by atoms with E-state index >= 15 is 0 Å². The molecule has 46 heavy (non-hydrogen) atoms. The first-order valence-electron chi connectivity index (χ1n) is 19.1. The smallest absolute Gasteiger partial charge is 0.306 e. The van der Waals surface area contributed by atoms with Crippen LogP contribution in [0.3, 0.4) is 0 Å². The van der Waals surface area contributed by atoms with Crippen LogP contribution in [0.25, 0.3) is 0 Å². The zero-order chi connectivity index (χ0) is 33.6. The maximum absolute atomic E-state index is 13.0. The lowest BCUT2D eigenvalue weighted by Gasteiger charge is -2.76. The minimum atomic E-state index is -0.0405. The first-order valence-corrected chi connectivity index (χ1v) is 19.1. The van der Waals surface area contributed by atoms with E-state index in [9.17, 15) is 4.79 Å². The van der Waals surface area contributed by atoms with Crippen LogP contribution < -0.4 is 10.6 Å². The van der Waals surface area contributed by atoms with Crippen molar-refractivity contribution in [1.29, 1.82) is 0 Å². The van der Waals surface area contributed by atoms with Crippen molar-refractivity contribution in [1.82, 2.24) is 10.6 Å². The molecule has 0 amide bonds. The maximum atomic E-state index is 13.0. The largest absolute Gasteiger partial charge is 0.462 e. The summed E-state index contributed by atoms with van der Waals surface area (Å²) in [5.41, 5.74) is 4.13. The van der Waals surface area contributed by atoms with Gasteiger partial charge in [0, 0.05) is 23.1 Å². The predicted octanol–water partition coefficient (Wildman–Crippen LogP) is 10.1. The highest BCUT2D eigenvalue weighted by molar-refractivity contribution is 5.70. The number of carbonyl (C=O) groups is 1. The predicted molar refractivity (Wildman–Crippen MR) is 191 cm³/mol. The van der Waals surface area contributed by atoms with Crippen LogP contribution in [0, 0.1) is 55.7 Å². The van der Waals surface area contributed by atoms with E-state index < -0.39 is 0 Å². The summed E-state index contributed by atoms with van der Waals surface area (Å²) in [7, 11) is 0. The van der Waals surface area contributed by atoms with Crippen molar-refractivity contribution in [2.24, 2.45) is 55.7 Å². The third-order valence-electron chi connectivity index (χ3n) is 16.5. The third kappa shape index (κ3) is 4.90. The number of dihydropyridines is 1. The Morgan fingerprint density at radius 2 is 1.59 bits per heavy atom. The first-order chi connectivity index (χ1) is 21.3. The van der Waals surface area contributed by atoms with Crippen molar-refractivity contribution < 1.29 is 9.53 Å². The Morgan fingerprint density at radius 3 is 2.26 bits per heavy atom. The first kappa shape index (κ1) is 34.2. The van der Waals surface area contributed by atoms with Gasteiger partial charge >= 0.3 is 5.97 Å². The maximum Gasteiger partial charge on any atom is 0.306 e. The van der Waals surface area contributed by atoms with Crippen molar-refractivity contribution in [2.75, 3.05) is 6.54 Å². The van der Waals surface area contributed by atoms with Gasteiger partial charge in [-0.2, -0.15) is 0 Å². The molecule has 2 N–H and O–H groups in total. The van der Waals surface area contributed by atoms with Crippen LogP contribution in [0.15, 0.2) is 36.2 Å². The molecule has 5 saturated carbocycles. The highest BCUT2D eigenvalue weighted by atomic mass is 16.5. The van der Waals surface area contributed by atoms with Gasteiger partial charge in [0.15, 0.2) is 0 Å². The second kappa shape index (κ2) is 11.2. The van der Waals surface area contributed by atoms with Gasteiger partial charge in [-0.15, -0.1) is 0 Å². The van der Waals surface area contributed by atoms with Crippen LogP contribution >= 0.6 is 0 Å². The topological polar surface area (TPSA) is 50.4 Å².